The Morgan fingerprint density at radius 1 is 0.687 bits per heavy atom. The lowest BCUT2D eigenvalue weighted by atomic mass is 9.96. The van der Waals surface area contributed by atoms with Gasteiger partial charge in [-0.2, -0.15) is 0 Å². The molecule has 2 heterocycles. The summed E-state index contributed by atoms with van der Waals surface area (Å²) >= 11 is 17.1. The zero-order valence-electron chi connectivity index (χ0n) is 37.3. The number of nitrogens with one attached hydrogen (secondary N) is 1. The van der Waals surface area contributed by atoms with E-state index in [2.05, 4.69) is 24.9 Å². The van der Waals surface area contributed by atoms with E-state index in [0.29, 0.717) is 29.3 Å². The smallest absolute Gasteiger partial charge is 0.335 e. The lowest BCUT2D eigenvalue weighted by Gasteiger charge is -2.21. The molecule has 0 aliphatic heterocycles. The molecule has 0 saturated carbocycles. The average Bonchev–Trinajstić information content (AvgIpc) is 4.01. The van der Waals surface area contributed by atoms with E-state index < -0.39 is 35.4 Å². The number of nitrogens with zero attached hydrogens (tertiary/aromatic N) is 2. The predicted octanol–water partition coefficient (Wildman–Crippen LogP) is 8.72. The number of amides is 1. The molecule has 15 nitrogen and oxygen atoms in total. The van der Waals surface area contributed by atoms with Crippen LogP contribution in [-0.2, 0) is 27.2 Å². The number of hydrogen-bond donors (Lipinski definition) is 4. The minimum atomic E-state index is -1.18. The second kappa shape index (κ2) is 27.5. The van der Waals surface area contributed by atoms with Crippen LogP contribution in [-0.4, -0.2) is 88.5 Å². The van der Waals surface area contributed by atoms with Crippen molar-refractivity contribution in [1.29, 1.82) is 0 Å². The van der Waals surface area contributed by atoms with E-state index in [4.69, 9.17) is 54.5 Å². The molecule has 0 unspecified atom stereocenters. The Hall–Kier alpha value is -6.07. The summed E-state index contributed by atoms with van der Waals surface area (Å²) in [5, 5.41) is 30.6. The van der Waals surface area contributed by atoms with Crippen LogP contribution in [0.5, 0.6) is 11.8 Å². The third-order valence-corrected chi connectivity index (χ3v) is 10.5. The number of methoxy groups -OCH3 is 2. The number of carbonyl (C=O) groups is 4. The number of aliphatic hydroxyl groups excluding tert-OH is 2. The largest absolute Gasteiger partial charge is 0.479 e. The van der Waals surface area contributed by atoms with Gasteiger partial charge in [-0.15, -0.1) is 0 Å². The maximum atomic E-state index is 12.6. The second-order valence-corrected chi connectivity index (χ2v) is 16.2. The lowest BCUT2D eigenvalue weighted by Crippen LogP contribution is -2.40. The van der Waals surface area contributed by atoms with Gasteiger partial charge in [0, 0.05) is 35.0 Å². The van der Waals surface area contributed by atoms with E-state index in [0.717, 1.165) is 33.4 Å². The van der Waals surface area contributed by atoms with E-state index in [1.54, 1.807) is 6.92 Å². The number of Topliss-reactive ketones (excluding diaryl/α,β-unsaturated/α-hetero) is 1. The molecule has 5 N–H and O–H groups in total. The van der Waals surface area contributed by atoms with Gasteiger partial charge >= 0.3 is 5.97 Å². The SMILES string of the molecule is CCCC(=O)[C@H](O)C[C@@H](Cc1ccc(-c2cccc(Cl)c2)cc1)NC(=O)c1cc(OC)no1.CCOC(=O)[C@H](O)C[C@H](N)Cc1ccc(-c2cccc(Cl)c2)cc1.COc1cc(C(=O)Cl)on1. The summed E-state index contributed by atoms with van der Waals surface area (Å²) in [6.45, 7) is 3.82. The molecule has 0 bridgehead atoms. The monoisotopic (exact) mass is 978 g/mol. The van der Waals surface area contributed by atoms with Crippen molar-refractivity contribution in [3.63, 3.8) is 0 Å². The highest BCUT2D eigenvalue weighted by Crippen LogP contribution is 2.25. The number of rotatable bonds is 20. The number of nitrogens with two attached hydrogens (primary N) is 1. The molecule has 6 rings (SSSR count). The highest BCUT2D eigenvalue weighted by molar-refractivity contribution is 6.67. The van der Waals surface area contributed by atoms with Crippen molar-refractivity contribution in [2.24, 2.45) is 5.73 Å². The fourth-order valence-corrected chi connectivity index (χ4v) is 6.94. The van der Waals surface area contributed by atoms with E-state index in [-0.39, 0.29) is 61.0 Å². The highest BCUT2D eigenvalue weighted by atomic mass is 35.5. The van der Waals surface area contributed by atoms with Gasteiger partial charge in [-0.05, 0) is 112 Å². The Kier molecular flexibility index (Phi) is 22.0. The van der Waals surface area contributed by atoms with Crippen LogP contribution < -0.4 is 20.5 Å². The van der Waals surface area contributed by atoms with E-state index in [1.165, 1.54) is 26.4 Å². The molecule has 0 fully saturated rings. The molecule has 18 heteroatoms. The van der Waals surface area contributed by atoms with Crippen molar-refractivity contribution in [3.05, 3.63) is 142 Å². The number of aliphatic hydroxyl groups is 2. The number of benzene rings is 4. The van der Waals surface area contributed by atoms with Crippen LogP contribution in [0, 0.1) is 0 Å². The molecule has 67 heavy (non-hydrogen) atoms. The number of carbonyl (C=O) groups excluding carboxylic acids is 4. The van der Waals surface area contributed by atoms with Gasteiger partial charge in [0.1, 0.15) is 6.10 Å². The molecule has 2 aromatic heterocycles. The topological polar surface area (TPSA) is 227 Å². The highest BCUT2D eigenvalue weighted by Gasteiger charge is 2.25. The lowest BCUT2D eigenvalue weighted by molar-refractivity contribution is -0.153. The van der Waals surface area contributed by atoms with Crippen LogP contribution in [0.15, 0.2) is 118 Å². The number of aromatic nitrogens is 2. The maximum Gasteiger partial charge on any atom is 0.335 e. The minimum Gasteiger partial charge on any atom is -0.479 e. The van der Waals surface area contributed by atoms with Crippen LogP contribution in [0.3, 0.4) is 0 Å². The summed E-state index contributed by atoms with van der Waals surface area (Å²) in [6, 6.07) is 33.0. The molecule has 0 radical (unpaired) electrons. The number of hydrogen-bond acceptors (Lipinski definition) is 14. The maximum absolute atomic E-state index is 12.6. The van der Waals surface area contributed by atoms with Gasteiger partial charge in [0.05, 0.1) is 33.0 Å². The van der Waals surface area contributed by atoms with Gasteiger partial charge in [0.15, 0.2) is 11.9 Å². The summed E-state index contributed by atoms with van der Waals surface area (Å²) in [5.41, 5.74) is 12.1. The third kappa shape index (κ3) is 17.9. The van der Waals surface area contributed by atoms with Crippen molar-refractivity contribution in [3.8, 4) is 34.0 Å². The third-order valence-electron chi connectivity index (χ3n) is 9.81. The first-order chi connectivity index (χ1) is 32.1. The van der Waals surface area contributed by atoms with Gasteiger partial charge in [0.25, 0.3) is 22.9 Å². The molecule has 0 spiro atoms. The van der Waals surface area contributed by atoms with Crippen LogP contribution >= 0.6 is 34.8 Å². The van der Waals surface area contributed by atoms with Crippen LogP contribution in [0.4, 0.5) is 0 Å². The molecular formula is C49H53Cl3N4O11. The van der Waals surface area contributed by atoms with Crippen LogP contribution in [0.1, 0.15) is 71.8 Å². The zero-order valence-corrected chi connectivity index (χ0v) is 39.6. The van der Waals surface area contributed by atoms with Gasteiger partial charge in [-0.3, -0.25) is 14.4 Å². The molecular weight excluding hydrogens is 927 g/mol. The number of ketones is 1. The summed E-state index contributed by atoms with van der Waals surface area (Å²) in [4.78, 5) is 46.6. The quantitative estimate of drug-likeness (QED) is 0.0415. The molecule has 0 saturated heterocycles. The normalized spacial score (nSPS) is 12.4. The number of esters is 1. The van der Waals surface area contributed by atoms with E-state index in [9.17, 15) is 29.4 Å². The summed E-state index contributed by atoms with van der Waals surface area (Å²) < 4.78 is 23.8. The fraction of sp³-hybridized carbons (Fsp3) is 0.306. The summed E-state index contributed by atoms with van der Waals surface area (Å²) in [5.74, 6) is -0.961. The minimum absolute atomic E-state index is 0.0115. The van der Waals surface area contributed by atoms with Gasteiger partial charge in [-0.25, -0.2) is 4.79 Å². The molecule has 6 aromatic rings. The predicted molar refractivity (Wildman–Crippen MR) is 255 cm³/mol. The Bertz CT molecular complexity index is 2500. The molecule has 4 aromatic carbocycles. The molecule has 1 amide bonds. The molecule has 0 aliphatic carbocycles. The zero-order chi connectivity index (χ0) is 48.9. The standard InChI is InChI=1S/C25H27ClN2O5.C19H22ClNO3.C5H4ClNO3/c1-3-5-21(29)22(30)14-20(27-25(31)23-15-24(32-2)28-33-23)12-16-8-10-17(11-9-16)18-6-4-7-19(26)13-18;1-2-24-19(23)18(22)12-17(21)10-13-6-8-14(9-7-13)15-4-3-5-16(20)11-15;1-9-4-2-3(5(6)8)10-7-4/h4,6-11,13,15,20,22,30H,3,5,12,14H2,1-2H3,(H,27,31);3-9,11,17-18,22H,2,10,12,21H2,1H3;2H,1H3/t20-,22-;17-,18-;/m11./s1. The van der Waals surface area contributed by atoms with Crippen molar-refractivity contribution < 1.29 is 52.6 Å². The number of halogens is 3. The van der Waals surface area contributed by atoms with Gasteiger partial charge in [-0.1, -0.05) is 103 Å². The van der Waals surface area contributed by atoms with Crippen molar-refractivity contribution >= 4 is 57.7 Å². The fourth-order valence-electron chi connectivity index (χ4n) is 6.47. The molecule has 356 valence electrons. The Balaban J connectivity index is 0.000000250. The van der Waals surface area contributed by atoms with Crippen molar-refractivity contribution in [1.82, 2.24) is 15.6 Å². The summed E-state index contributed by atoms with van der Waals surface area (Å²) in [7, 11) is 2.84. The first-order valence-corrected chi connectivity index (χ1v) is 22.3. The van der Waals surface area contributed by atoms with Gasteiger partial charge in [0.2, 0.25) is 11.5 Å². The Morgan fingerprint density at radius 3 is 1.64 bits per heavy atom. The first-order valence-electron chi connectivity index (χ1n) is 21.2. The number of ether oxygens (including phenoxy) is 3. The molecule has 4 atom stereocenters. The second-order valence-electron chi connectivity index (χ2n) is 15.0. The van der Waals surface area contributed by atoms with Gasteiger partial charge < -0.3 is 44.5 Å². The van der Waals surface area contributed by atoms with Crippen LogP contribution in [0.25, 0.3) is 22.3 Å². The Morgan fingerprint density at radius 2 is 1.19 bits per heavy atom. The molecule has 0 aliphatic rings. The van der Waals surface area contributed by atoms with Crippen LogP contribution in [0.2, 0.25) is 10.0 Å². The van der Waals surface area contributed by atoms with E-state index in [1.807, 2.05) is 104 Å². The van der Waals surface area contributed by atoms with E-state index >= 15 is 0 Å². The van der Waals surface area contributed by atoms with Crippen molar-refractivity contribution in [2.45, 2.75) is 76.7 Å². The van der Waals surface area contributed by atoms with Crippen molar-refractivity contribution in [2.75, 3.05) is 20.8 Å². The first kappa shape index (κ1) is 53.5. The average molecular weight is 980 g/mol. The Labute approximate surface area is 403 Å². The summed E-state index contributed by atoms with van der Waals surface area (Å²) in [6.07, 6.45) is -0.141.